The van der Waals surface area contributed by atoms with Crippen LogP contribution in [0.15, 0.2) is 58.3 Å². The van der Waals surface area contributed by atoms with Crippen LogP contribution in [0.25, 0.3) is 16.7 Å². The minimum Gasteiger partial charge on any atom is -0.479 e. The van der Waals surface area contributed by atoms with Crippen molar-refractivity contribution >= 4 is 16.8 Å². The molecule has 4 heterocycles. The Labute approximate surface area is 173 Å². The molecule has 0 saturated heterocycles. The lowest BCUT2D eigenvalue weighted by Gasteiger charge is -2.20. The molecule has 0 fully saturated rings. The quantitative estimate of drug-likeness (QED) is 0.560. The first-order chi connectivity index (χ1) is 14.6. The smallest absolute Gasteiger partial charge is 0.238 e. The fourth-order valence-corrected chi connectivity index (χ4v) is 3.48. The van der Waals surface area contributed by atoms with Crippen LogP contribution in [0.5, 0.6) is 5.88 Å². The molecule has 8 nitrogen and oxygen atoms in total. The van der Waals surface area contributed by atoms with Gasteiger partial charge in [0.2, 0.25) is 5.88 Å². The topological polar surface area (TPSA) is 86.7 Å². The summed E-state index contributed by atoms with van der Waals surface area (Å²) >= 11 is 0. The lowest BCUT2D eigenvalue weighted by atomic mass is 10.1. The lowest BCUT2D eigenvalue weighted by Crippen LogP contribution is -2.33. The van der Waals surface area contributed by atoms with Crippen LogP contribution in [-0.4, -0.2) is 34.1 Å². The Morgan fingerprint density at radius 1 is 1.17 bits per heavy atom. The highest BCUT2D eigenvalue weighted by molar-refractivity contribution is 5.97. The molecule has 1 unspecified atom stereocenters. The van der Waals surface area contributed by atoms with Crippen LogP contribution in [0.2, 0.25) is 0 Å². The normalized spacial score (nSPS) is 16.4. The number of rotatable bonds is 4. The Morgan fingerprint density at radius 2 is 2.07 bits per heavy atom. The predicted octanol–water partition coefficient (Wildman–Crippen LogP) is 3.66. The monoisotopic (exact) mass is 403 g/mol. The SMILES string of the molecule is COc1nc(C2=NC(c3cc4cc(C)ccc4o3)CON2)ccc1-n1cnc(C)c1. The molecule has 4 aromatic rings. The first kappa shape index (κ1) is 18.4. The number of aliphatic imine (C=N–C) groups is 1. The molecule has 5 rings (SSSR count). The van der Waals surface area contributed by atoms with Crippen LogP contribution in [0.3, 0.4) is 0 Å². The molecular weight excluding hydrogens is 382 g/mol. The zero-order valence-electron chi connectivity index (χ0n) is 16.9. The van der Waals surface area contributed by atoms with E-state index in [1.165, 1.54) is 5.56 Å². The lowest BCUT2D eigenvalue weighted by molar-refractivity contribution is 0.0581. The Bertz CT molecular complexity index is 1260. The van der Waals surface area contributed by atoms with Crippen molar-refractivity contribution in [3.63, 3.8) is 0 Å². The van der Waals surface area contributed by atoms with Gasteiger partial charge < -0.3 is 13.7 Å². The second-order valence-corrected chi connectivity index (χ2v) is 7.24. The second kappa shape index (κ2) is 7.31. The molecule has 0 radical (unpaired) electrons. The van der Waals surface area contributed by atoms with Gasteiger partial charge in [-0.2, -0.15) is 0 Å². The number of ether oxygens (including phenoxy) is 1. The average molecular weight is 403 g/mol. The van der Waals surface area contributed by atoms with Gasteiger partial charge in [0.05, 0.1) is 19.1 Å². The van der Waals surface area contributed by atoms with Gasteiger partial charge in [0, 0.05) is 11.6 Å². The summed E-state index contributed by atoms with van der Waals surface area (Å²) in [4.78, 5) is 19.2. The summed E-state index contributed by atoms with van der Waals surface area (Å²) in [6.45, 7) is 4.36. The van der Waals surface area contributed by atoms with Crippen molar-refractivity contribution in [3.05, 3.63) is 71.6 Å². The van der Waals surface area contributed by atoms with Crippen LogP contribution in [0.1, 0.15) is 28.8 Å². The van der Waals surface area contributed by atoms with E-state index in [0.717, 1.165) is 28.1 Å². The van der Waals surface area contributed by atoms with Gasteiger partial charge in [0.1, 0.15) is 35.4 Å². The number of nitrogens with one attached hydrogen (secondary N) is 1. The standard InChI is InChI=1S/C22H21N5O3/c1-13-4-7-19-15(8-13)9-20(30-19)17-11-29-26-21(24-17)16-5-6-18(22(25-16)28-3)27-10-14(2)23-12-27/h4-10,12,17H,11H2,1-3H3,(H,24,26). The first-order valence-electron chi connectivity index (χ1n) is 9.63. The van der Waals surface area contributed by atoms with E-state index in [2.05, 4.69) is 28.4 Å². The summed E-state index contributed by atoms with van der Waals surface area (Å²) in [7, 11) is 1.59. The van der Waals surface area contributed by atoms with Gasteiger partial charge in [0.15, 0.2) is 5.84 Å². The fraction of sp³-hybridized carbons (Fsp3) is 0.227. The number of benzene rings is 1. The van der Waals surface area contributed by atoms with Crippen molar-refractivity contribution in [2.75, 3.05) is 13.7 Å². The summed E-state index contributed by atoms with van der Waals surface area (Å²) in [5.41, 5.74) is 7.21. The molecule has 1 atom stereocenters. The Kier molecular flexibility index (Phi) is 4.48. The van der Waals surface area contributed by atoms with E-state index in [1.54, 1.807) is 13.4 Å². The Balaban J connectivity index is 1.49. The van der Waals surface area contributed by atoms with Crippen LogP contribution in [0.4, 0.5) is 0 Å². The number of hydrogen-bond acceptors (Lipinski definition) is 7. The largest absolute Gasteiger partial charge is 0.479 e. The number of furan rings is 1. The highest BCUT2D eigenvalue weighted by atomic mass is 16.6. The molecule has 1 aliphatic heterocycles. The summed E-state index contributed by atoms with van der Waals surface area (Å²) in [6, 6.07) is 11.6. The number of pyridine rings is 1. The third-order valence-electron chi connectivity index (χ3n) is 4.98. The number of aromatic nitrogens is 3. The van der Waals surface area contributed by atoms with Crippen molar-refractivity contribution in [1.82, 2.24) is 20.0 Å². The van der Waals surface area contributed by atoms with E-state index in [0.29, 0.717) is 24.0 Å². The second-order valence-electron chi connectivity index (χ2n) is 7.24. The van der Waals surface area contributed by atoms with Gasteiger partial charge in [0.25, 0.3) is 0 Å². The molecule has 0 aliphatic carbocycles. The highest BCUT2D eigenvalue weighted by Gasteiger charge is 2.23. The van der Waals surface area contributed by atoms with Gasteiger partial charge in [-0.05, 0) is 44.2 Å². The molecule has 152 valence electrons. The van der Waals surface area contributed by atoms with E-state index < -0.39 is 0 Å². The molecule has 0 saturated carbocycles. The summed E-state index contributed by atoms with van der Waals surface area (Å²) in [6.07, 6.45) is 3.64. The average Bonchev–Trinajstić information content (AvgIpc) is 3.39. The van der Waals surface area contributed by atoms with Crippen LogP contribution in [0, 0.1) is 13.8 Å². The minimum absolute atomic E-state index is 0.266. The van der Waals surface area contributed by atoms with Gasteiger partial charge in [-0.1, -0.05) is 11.6 Å². The Morgan fingerprint density at radius 3 is 2.87 bits per heavy atom. The molecule has 30 heavy (non-hydrogen) atoms. The third kappa shape index (κ3) is 3.31. The number of fused-ring (bicyclic) bond motifs is 1. The molecule has 0 bridgehead atoms. The molecule has 0 spiro atoms. The molecule has 1 aromatic carbocycles. The number of nitrogens with zero attached hydrogens (tertiary/aromatic N) is 4. The van der Waals surface area contributed by atoms with E-state index in [-0.39, 0.29) is 6.04 Å². The molecule has 3 aromatic heterocycles. The molecule has 8 heteroatoms. The maximum absolute atomic E-state index is 6.00. The van der Waals surface area contributed by atoms with E-state index in [9.17, 15) is 0 Å². The summed E-state index contributed by atoms with van der Waals surface area (Å²) in [5, 5.41) is 1.06. The highest BCUT2D eigenvalue weighted by Crippen LogP contribution is 2.29. The molecule has 1 N–H and O–H groups in total. The molecule has 0 amide bonds. The summed E-state index contributed by atoms with van der Waals surface area (Å²) in [5.74, 6) is 1.75. The van der Waals surface area contributed by atoms with Crippen LogP contribution >= 0.6 is 0 Å². The number of imidazole rings is 1. The maximum Gasteiger partial charge on any atom is 0.238 e. The van der Waals surface area contributed by atoms with Crippen LogP contribution < -0.4 is 10.2 Å². The number of hydroxylamine groups is 1. The number of aryl methyl sites for hydroxylation is 2. The zero-order valence-corrected chi connectivity index (χ0v) is 16.9. The van der Waals surface area contributed by atoms with Crippen molar-refractivity contribution in [2.24, 2.45) is 4.99 Å². The zero-order chi connectivity index (χ0) is 20.7. The fourth-order valence-electron chi connectivity index (χ4n) is 3.48. The van der Waals surface area contributed by atoms with Crippen LogP contribution in [-0.2, 0) is 4.84 Å². The first-order valence-corrected chi connectivity index (χ1v) is 9.63. The van der Waals surface area contributed by atoms with Gasteiger partial charge in [-0.3, -0.25) is 9.83 Å². The predicted molar refractivity (Wildman–Crippen MR) is 112 cm³/mol. The maximum atomic E-state index is 6.00. The third-order valence-corrected chi connectivity index (χ3v) is 4.98. The van der Waals surface area contributed by atoms with Crippen molar-refractivity contribution in [3.8, 4) is 11.6 Å². The number of hydrogen-bond donors (Lipinski definition) is 1. The van der Waals surface area contributed by atoms with E-state index in [1.807, 2.05) is 48.0 Å². The van der Waals surface area contributed by atoms with Gasteiger partial charge >= 0.3 is 0 Å². The van der Waals surface area contributed by atoms with Crippen molar-refractivity contribution in [2.45, 2.75) is 19.9 Å². The number of amidine groups is 1. The Hall–Kier alpha value is -3.65. The van der Waals surface area contributed by atoms with Gasteiger partial charge in [-0.15, -0.1) is 0 Å². The van der Waals surface area contributed by atoms with E-state index >= 15 is 0 Å². The molecule has 1 aliphatic rings. The number of methoxy groups -OCH3 is 1. The van der Waals surface area contributed by atoms with Crippen molar-refractivity contribution < 1.29 is 14.0 Å². The molecular formula is C22H21N5O3. The minimum atomic E-state index is -0.266. The summed E-state index contributed by atoms with van der Waals surface area (Å²) < 4.78 is 13.4. The van der Waals surface area contributed by atoms with Crippen molar-refractivity contribution in [1.29, 1.82) is 0 Å². The van der Waals surface area contributed by atoms with E-state index in [4.69, 9.17) is 19.0 Å². The van der Waals surface area contributed by atoms with Gasteiger partial charge in [-0.25, -0.2) is 15.4 Å².